The highest BCUT2D eigenvalue weighted by Crippen LogP contribution is 2.49. The third kappa shape index (κ3) is 31.4. The SMILES string of the molecule is CC/C=C\CCCCCCCCCCCCCC(=O)OC[C@H](COP(=O)(O)O[C@H]1C(O)C(O)C(O)[C@@H](OP(=O)(O)O)C1O)OC(=O)CCCC(=O)/C=C/C=C\C/C=C\C/C=C\CCCCC. The number of aliphatic hydroxyl groups is 4. The standard InChI is InChI=1S/C47H80O17P2/c1-3-5-7-9-11-13-15-17-18-20-22-24-26-28-30-34-40(49)60-36-39(37-61-66(58,59)64-47-44(53)42(51)43(52)46(45(47)54)63-65(55,56)57)62-41(50)35-31-33-38(48)32-29-27-25-23-21-19-16-14-12-10-8-6-4-2/h5,7,12,14,19,21,25,27,29,32,39,42-47,51-54H,3-4,6,8-11,13,15-18,20,22-24,26,28,30-31,33-37H2,1-2H3,(H,58,59)(H2,55,56,57)/b7-5-,14-12-,21-19-,27-25-,32-29+/t39-,42?,43?,44?,45?,46-,47+/m1/s1. The molecule has 1 aliphatic carbocycles. The van der Waals surface area contributed by atoms with Crippen molar-refractivity contribution in [3.63, 3.8) is 0 Å². The van der Waals surface area contributed by atoms with Crippen molar-refractivity contribution in [2.45, 2.75) is 204 Å². The zero-order valence-corrected chi connectivity index (χ0v) is 40.9. The first kappa shape index (κ1) is 61.4. The van der Waals surface area contributed by atoms with Crippen LogP contribution in [0.4, 0.5) is 0 Å². The largest absolute Gasteiger partial charge is 0.472 e. The molecule has 0 radical (unpaired) electrons. The van der Waals surface area contributed by atoms with Gasteiger partial charge in [0.25, 0.3) is 0 Å². The van der Waals surface area contributed by atoms with E-state index < -0.39 is 83.5 Å². The molecule has 8 atom stereocenters. The Bertz CT molecular complexity index is 1570. The van der Waals surface area contributed by atoms with Crippen molar-refractivity contribution in [3.8, 4) is 0 Å². The lowest BCUT2D eigenvalue weighted by Crippen LogP contribution is -2.64. The molecule has 380 valence electrons. The number of ether oxygens (including phenoxy) is 2. The van der Waals surface area contributed by atoms with Gasteiger partial charge >= 0.3 is 27.6 Å². The summed E-state index contributed by atoms with van der Waals surface area (Å²) < 4.78 is 49.1. The maximum Gasteiger partial charge on any atom is 0.472 e. The molecule has 0 aliphatic heterocycles. The molecule has 0 saturated heterocycles. The molecule has 5 unspecified atom stereocenters. The summed E-state index contributed by atoms with van der Waals surface area (Å²) in [5.41, 5.74) is 0. The molecule has 17 nitrogen and oxygen atoms in total. The number of esters is 2. The van der Waals surface area contributed by atoms with Crippen LogP contribution in [-0.4, -0.2) is 109 Å². The third-order valence-electron chi connectivity index (χ3n) is 10.6. The van der Waals surface area contributed by atoms with Gasteiger partial charge < -0.3 is 44.6 Å². The van der Waals surface area contributed by atoms with E-state index in [2.05, 4.69) is 48.8 Å². The highest BCUT2D eigenvalue weighted by Gasteiger charge is 2.54. The highest BCUT2D eigenvalue weighted by molar-refractivity contribution is 7.47. The maximum absolute atomic E-state index is 13.0. The molecule has 1 rings (SSSR count). The van der Waals surface area contributed by atoms with E-state index in [0.29, 0.717) is 12.8 Å². The van der Waals surface area contributed by atoms with Crippen molar-refractivity contribution < 1.29 is 81.7 Å². The Morgan fingerprint density at radius 3 is 1.68 bits per heavy atom. The summed E-state index contributed by atoms with van der Waals surface area (Å²) in [5, 5.41) is 41.2. The minimum absolute atomic E-state index is 0.0104. The zero-order chi connectivity index (χ0) is 49.1. The van der Waals surface area contributed by atoms with Gasteiger partial charge in [-0.05, 0) is 63.9 Å². The van der Waals surface area contributed by atoms with Crippen molar-refractivity contribution in [1.29, 1.82) is 0 Å². The molecule has 66 heavy (non-hydrogen) atoms. The van der Waals surface area contributed by atoms with E-state index in [4.69, 9.17) is 28.3 Å². The Balaban J connectivity index is 2.68. The van der Waals surface area contributed by atoms with E-state index in [1.165, 1.54) is 63.9 Å². The number of ketones is 1. The van der Waals surface area contributed by atoms with Gasteiger partial charge in [-0.1, -0.05) is 139 Å². The van der Waals surface area contributed by atoms with Crippen LogP contribution in [-0.2, 0) is 46.6 Å². The number of phosphoric ester groups is 2. The van der Waals surface area contributed by atoms with Gasteiger partial charge in [-0.2, -0.15) is 0 Å². The van der Waals surface area contributed by atoms with Crippen LogP contribution in [0.1, 0.15) is 162 Å². The van der Waals surface area contributed by atoms with Crippen LogP contribution in [0.3, 0.4) is 0 Å². The Hall–Kier alpha value is -2.63. The first-order valence-electron chi connectivity index (χ1n) is 23.8. The molecular formula is C47H80O17P2. The Morgan fingerprint density at radius 2 is 1.08 bits per heavy atom. The van der Waals surface area contributed by atoms with Crippen molar-refractivity contribution in [1.82, 2.24) is 0 Å². The molecule has 1 aliphatic rings. The van der Waals surface area contributed by atoms with Gasteiger partial charge in [-0.25, -0.2) is 9.13 Å². The second-order valence-electron chi connectivity index (χ2n) is 16.5. The van der Waals surface area contributed by atoms with Gasteiger partial charge in [0, 0.05) is 19.3 Å². The fourth-order valence-corrected chi connectivity index (χ4v) is 8.40. The van der Waals surface area contributed by atoms with Crippen molar-refractivity contribution >= 4 is 33.4 Å². The summed E-state index contributed by atoms with van der Waals surface area (Å²) in [4.78, 5) is 66.6. The molecule has 0 heterocycles. The average molecular weight is 979 g/mol. The first-order valence-corrected chi connectivity index (χ1v) is 26.8. The monoisotopic (exact) mass is 978 g/mol. The Labute approximate surface area is 392 Å². The molecule has 0 aromatic rings. The molecule has 0 amide bonds. The van der Waals surface area contributed by atoms with E-state index in [9.17, 15) is 48.8 Å². The minimum Gasteiger partial charge on any atom is -0.462 e. The number of carbonyl (C=O) groups is 3. The summed E-state index contributed by atoms with van der Waals surface area (Å²) >= 11 is 0. The highest BCUT2D eigenvalue weighted by atomic mass is 31.2. The molecule has 0 spiro atoms. The number of carbonyl (C=O) groups excluding carboxylic acids is 3. The summed E-state index contributed by atoms with van der Waals surface area (Å²) in [6.07, 6.45) is 24.7. The Morgan fingerprint density at radius 1 is 0.545 bits per heavy atom. The molecule has 0 aromatic heterocycles. The predicted molar refractivity (Wildman–Crippen MR) is 251 cm³/mol. The lowest BCUT2D eigenvalue weighted by Gasteiger charge is -2.43. The van der Waals surface area contributed by atoms with Crippen molar-refractivity contribution in [2.24, 2.45) is 0 Å². The van der Waals surface area contributed by atoms with Crippen LogP contribution >= 0.6 is 15.6 Å². The zero-order valence-electron chi connectivity index (χ0n) is 39.1. The summed E-state index contributed by atoms with van der Waals surface area (Å²) in [7, 11) is -10.8. The quantitative estimate of drug-likeness (QED) is 0.00763. The molecule has 0 bridgehead atoms. The molecule has 1 saturated carbocycles. The smallest absolute Gasteiger partial charge is 0.462 e. The number of rotatable bonds is 39. The van der Waals surface area contributed by atoms with Crippen LogP contribution in [0, 0.1) is 0 Å². The van der Waals surface area contributed by atoms with E-state index >= 15 is 0 Å². The fourth-order valence-electron chi connectivity index (χ4n) is 6.86. The van der Waals surface area contributed by atoms with E-state index in [1.54, 1.807) is 12.2 Å². The lowest BCUT2D eigenvalue weighted by molar-refractivity contribution is -0.216. The molecular weight excluding hydrogens is 898 g/mol. The summed E-state index contributed by atoms with van der Waals surface area (Å²) in [6.45, 7) is 2.79. The van der Waals surface area contributed by atoms with Gasteiger partial charge in [0.05, 0.1) is 6.61 Å². The van der Waals surface area contributed by atoms with Gasteiger partial charge in [-0.15, -0.1) is 0 Å². The second kappa shape index (κ2) is 37.3. The van der Waals surface area contributed by atoms with Crippen LogP contribution in [0.15, 0.2) is 60.8 Å². The third-order valence-corrected chi connectivity index (χ3v) is 12.1. The van der Waals surface area contributed by atoms with Crippen LogP contribution < -0.4 is 0 Å². The maximum atomic E-state index is 13.0. The number of unbranched alkanes of at least 4 members (excludes halogenated alkanes) is 14. The number of hydrogen-bond acceptors (Lipinski definition) is 14. The van der Waals surface area contributed by atoms with Gasteiger partial charge in [0.15, 0.2) is 11.9 Å². The van der Waals surface area contributed by atoms with E-state index in [-0.39, 0.29) is 31.5 Å². The van der Waals surface area contributed by atoms with Crippen LogP contribution in [0.25, 0.3) is 0 Å². The second-order valence-corrected chi connectivity index (χ2v) is 19.1. The van der Waals surface area contributed by atoms with E-state index in [0.717, 1.165) is 51.4 Å². The normalized spacial score (nSPS) is 22.0. The van der Waals surface area contributed by atoms with Crippen molar-refractivity contribution in [3.05, 3.63) is 60.8 Å². The van der Waals surface area contributed by atoms with Gasteiger partial charge in [-0.3, -0.25) is 28.0 Å². The molecule has 7 N–H and O–H groups in total. The number of aliphatic hydroxyl groups excluding tert-OH is 4. The summed E-state index contributed by atoms with van der Waals surface area (Å²) in [6, 6.07) is 0. The topological polar surface area (TPSA) is 273 Å². The number of hydrogen-bond donors (Lipinski definition) is 7. The molecule has 19 heteroatoms. The average Bonchev–Trinajstić information content (AvgIpc) is 3.26. The number of allylic oxidation sites excluding steroid dienone is 10. The first-order chi connectivity index (χ1) is 31.5. The minimum atomic E-state index is -5.39. The van der Waals surface area contributed by atoms with E-state index in [1.807, 2.05) is 12.2 Å². The predicted octanol–water partition coefficient (Wildman–Crippen LogP) is 8.24. The van der Waals surface area contributed by atoms with Crippen molar-refractivity contribution in [2.75, 3.05) is 13.2 Å². The Kier molecular flexibility index (Phi) is 34.7. The summed E-state index contributed by atoms with van der Waals surface area (Å²) in [5.74, 6) is -1.70. The van der Waals surface area contributed by atoms with Crippen LogP contribution in [0.2, 0.25) is 0 Å². The molecule has 1 fully saturated rings. The fraction of sp³-hybridized carbons (Fsp3) is 0.723. The molecule has 0 aromatic carbocycles. The van der Waals surface area contributed by atoms with Crippen LogP contribution in [0.5, 0.6) is 0 Å². The number of phosphoric acid groups is 2. The van der Waals surface area contributed by atoms with Gasteiger partial charge in [0.2, 0.25) is 0 Å². The lowest BCUT2D eigenvalue weighted by atomic mass is 9.85. The van der Waals surface area contributed by atoms with Gasteiger partial charge in [0.1, 0.15) is 43.2 Å².